The molecule has 1 saturated carbocycles. The summed E-state index contributed by atoms with van der Waals surface area (Å²) in [5, 5.41) is 6.70. The molecule has 1 heterocycles. The Kier molecular flexibility index (Phi) is 4.12. The van der Waals surface area contributed by atoms with E-state index in [0.29, 0.717) is 14.9 Å². The van der Waals surface area contributed by atoms with Crippen LogP contribution in [0.4, 0.5) is 0 Å². The first-order chi connectivity index (χ1) is 10.5. The molecule has 4 nitrogen and oxygen atoms in total. The smallest absolute Gasteiger partial charge is 0.375 e. The first-order valence-corrected chi connectivity index (χ1v) is 8.21. The number of carbonyl (C=O) groups excluding carboxylic acids is 1. The third-order valence-corrected chi connectivity index (χ3v) is 5.03. The Labute approximate surface area is 141 Å². The fraction of sp³-hybridized carbons (Fsp3) is 0.200. The van der Waals surface area contributed by atoms with Crippen molar-refractivity contribution in [2.45, 2.75) is 18.3 Å². The van der Waals surface area contributed by atoms with Crippen LogP contribution in [0.5, 0.6) is 0 Å². The van der Waals surface area contributed by atoms with Crippen LogP contribution in [0.1, 0.15) is 28.1 Å². The molecule has 7 heteroatoms. The van der Waals surface area contributed by atoms with Gasteiger partial charge in [0.2, 0.25) is 0 Å². The largest absolute Gasteiger partial charge is 0.384 e. The minimum atomic E-state index is -0.518. The van der Waals surface area contributed by atoms with E-state index < -0.39 is 11.4 Å². The summed E-state index contributed by atoms with van der Waals surface area (Å²) in [5.74, 6) is -0.266. The van der Waals surface area contributed by atoms with E-state index in [1.54, 1.807) is 29.6 Å². The van der Waals surface area contributed by atoms with Gasteiger partial charge in [0.15, 0.2) is 5.84 Å². The fourth-order valence-electron chi connectivity index (χ4n) is 2.28. The lowest BCUT2D eigenvalue weighted by Crippen LogP contribution is -2.29. The number of carbonyl (C=O) groups is 1. The molecule has 0 unspecified atom stereocenters. The van der Waals surface area contributed by atoms with Crippen LogP contribution in [0.15, 0.2) is 40.9 Å². The van der Waals surface area contributed by atoms with Gasteiger partial charge >= 0.3 is 5.97 Å². The molecule has 0 bridgehead atoms. The molecule has 0 amide bonds. The zero-order valence-corrected chi connectivity index (χ0v) is 13.7. The molecule has 22 heavy (non-hydrogen) atoms. The monoisotopic (exact) mass is 354 g/mol. The van der Waals surface area contributed by atoms with Crippen molar-refractivity contribution in [2.24, 2.45) is 10.9 Å². The number of hydrogen-bond acceptors (Lipinski definition) is 4. The van der Waals surface area contributed by atoms with Crippen molar-refractivity contribution in [1.82, 2.24) is 0 Å². The standard InChI is InChI=1S/C15H12Cl2N2O2S/c16-9-3-4-10(11(17)8-9)15(5-6-15)14(18)19-21-13(20)12-2-1-7-22-12/h1-4,7-8H,5-6H2,(H2,18,19). The summed E-state index contributed by atoms with van der Waals surface area (Å²) in [7, 11) is 0. The van der Waals surface area contributed by atoms with Gasteiger partial charge in [-0.1, -0.05) is 40.5 Å². The summed E-state index contributed by atoms with van der Waals surface area (Å²) in [6, 6.07) is 8.70. The second-order valence-electron chi connectivity index (χ2n) is 5.04. The zero-order chi connectivity index (χ0) is 15.7. The van der Waals surface area contributed by atoms with E-state index in [2.05, 4.69) is 5.16 Å². The van der Waals surface area contributed by atoms with Crippen LogP contribution in [0.3, 0.4) is 0 Å². The Morgan fingerprint density at radius 3 is 2.68 bits per heavy atom. The lowest BCUT2D eigenvalue weighted by molar-refractivity contribution is 0.0519. The third kappa shape index (κ3) is 2.84. The first kappa shape index (κ1) is 15.3. The number of hydrogen-bond donors (Lipinski definition) is 1. The van der Waals surface area contributed by atoms with Crippen molar-refractivity contribution in [1.29, 1.82) is 0 Å². The average molecular weight is 355 g/mol. The summed E-state index contributed by atoms with van der Waals surface area (Å²) in [5.41, 5.74) is 6.43. The molecular formula is C15H12Cl2N2O2S. The van der Waals surface area contributed by atoms with Crippen molar-refractivity contribution in [2.75, 3.05) is 0 Å². The second kappa shape index (κ2) is 5.91. The Bertz CT molecular complexity index is 740. The molecule has 1 aromatic carbocycles. The summed E-state index contributed by atoms with van der Waals surface area (Å²) in [6.45, 7) is 0. The molecule has 0 saturated heterocycles. The maximum absolute atomic E-state index is 11.8. The maximum Gasteiger partial charge on any atom is 0.375 e. The fourth-order valence-corrected chi connectivity index (χ4v) is 3.47. The van der Waals surface area contributed by atoms with Gasteiger partial charge in [-0.15, -0.1) is 11.3 Å². The molecule has 1 aromatic heterocycles. The van der Waals surface area contributed by atoms with Crippen LogP contribution in [-0.2, 0) is 10.3 Å². The lowest BCUT2D eigenvalue weighted by Gasteiger charge is -2.16. The van der Waals surface area contributed by atoms with Gasteiger partial charge in [0, 0.05) is 10.0 Å². The van der Waals surface area contributed by atoms with Gasteiger partial charge in [-0.3, -0.25) is 0 Å². The highest BCUT2D eigenvalue weighted by atomic mass is 35.5. The predicted octanol–water partition coefficient (Wildman–Crippen LogP) is 4.22. The third-order valence-electron chi connectivity index (χ3n) is 3.64. The Morgan fingerprint density at radius 2 is 2.09 bits per heavy atom. The number of oxime groups is 1. The van der Waals surface area contributed by atoms with Crippen molar-refractivity contribution < 1.29 is 9.63 Å². The molecule has 0 radical (unpaired) electrons. The first-order valence-electron chi connectivity index (χ1n) is 6.57. The van der Waals surface area contributed by atoms with Crippen molar-refractivity contribution >= 4 is 46.3 Å². The van der Waals surface area contributed by atoms with E-state index in [1.807, 2.05) is 6.07 Å². The number of rotatable bonds is 4. The molecule has 2 N–H and O–H groups in total. The molecule has 1 fully saturated rings. The molecule has 2 aromatic rings. The predicted molar refractivity (Wildman–Crippen MR) is 88.7 cm³/mol. The number of halogens is 2. The van der Waals surface area contributed by atoms with Crippen LogP contribution in [0.25, 0.3) is 0 Å². The summed E-state index contributed by atoms with van der Waals surface area (Å²) >= 11 is 13.4. The normalized spacial score (nSPS) is 16.4. The van der Waals surface area contributed by atoms with Crippen LogP contribution >= 0.6 is 34.5 Å². The number of nitrogens with zero attached hydrogens (tertiary/aromatic N) is 1. The van der Waals surface area contributed by atoms with Crippen LogP contribution in [0, 0.1) is 0 Å². The summed E-state index contributed by atoms with van der Waals surface area (Å²) in [6.07, 6.45) is 1.61. The van der Waals surface area contributed by atoms with Crippen molar-refractivity contribution in [3.63, 3.8) is 0 Å². The highest BCUT2D eigenvalue weighted by Crippen LogP contribution is 2.51. The van der Waals surface area contributed by atoms with Crippen molar-refractivity contribution in [3.8, 4) is 0 Å². The molecule has 0 atom stereocenters. The maximum atomic E-state index is 11.8. The van der Waals surface area contributed by atoms with Gasteiger partial charge in [-0.2, -0.15) is 0 Å². The number of thiophene rings is 1. The van der Waals surface area contributed by atoms with Gasteiger partial charge in [0.05, 0.1) is 5.41 Å². The minimum Gasteiger partial charge on any atom is -0.384 e. The summed E-state index contributed by atoms with van der Waals surface area (Å²) in [4.78, 5) is 17.2. The molecule has 0 spiro atoms. The SMILES string of the molecule is N/C(=N/OC(=O)c1cccs1)C1(c2ccc(Cl)cc2Cl)CC1. The highest BCUT2D eigenvalue weighted by Gasteiger charge is 2.50. The van der Waals surface area contributed by atoms with Gasteiger partial charge in [0.25, 0.3) is 0 Å². The molecule has 1 aliphatic carbocycles. The zero-order valence-electron chi connectivity index (χ0n) is 11.4. The van der Waals surface area contributed by atoms with E-state index in [0.717, 1.165) is 18.4 Å². The van der Waals surface area contributed by atoms with E-state index in [1.165, 1.54) is 11.3 Å². The Balaban J connectivity index is 1.80. The lowest BCUT2D eigenvalue weighted by atomic mass is 9.95. The quantitative estimate of drug-likeness (QED) is 0.387. The van der Waals surface area contributed by atoms with Gasteiger partial charge in [-0.05, 0) is 42.0 Å². The number of nitrogens with two attached hydrogens (primary N) is 1. The number of amidine groups is 1. The molecule has 1 aliphatic rings. The molecule has 3 rings (SSSR count). The topological polar surface area (TPSA) is 64.7 Å². The van der Waals surface area contributed by atoms with Crippen molar-refractivity contribution in [3.05, 3.63) is 56.2 Å². The van der Waals surface area contributed by atoms with Crippen LogP contribution in [0.2, 0.25) is 10.0 Å². The average Bonchev–Trinajstić information content (AvgIpc) is 3.10. The molecule has 0 aliphatic heterocycles. The molecule has 114 valence electrons. The summed E-state index contributed by atoms with van der Waals surface area (Å²) < 4.78 is 0. The van der Waals surface area contributed by atoms with Crippen LogP contribution < -0.4 is 5.73 Å². The molecular weight excluding hydrogens is 343 g/mol. The van der Waals surface area contributed by atoms with Crippen LogP contribution in [-0.4, -0.2) is 11.8 Å². The van der Waals surface area contributed by atoms with Gasteiger partial charge < -0.3 is 10.6 Å². The van der Waals surface area contributed by atoms with E-state index in [9.17, 15) is 4.79 Å². The second-order valence-corrected chi connectivity index (χ2v) is 6.83. The van der Waals surface area contributed by atoms with Gasteiger partial charge in [0.1, 0.15) is 4.88 Å². The van der Waals surface area contributed by atoms with Gasteiger partial charge in [-0.25, -0.2) is 4.79 Å². The minimum absolute atomic E-state index is 0.252. The van der Waals surface area contributed by atoms with E-state index in [4.69, 9.17) is 33.8 Å². The Morgan fingerprint density at radius 1 is 1.32 bits per heavy atom. The highest BCUT2D eigenvalue weighted by molar-refractivity contribution is 7.11. The Hall–Kier alpha value is -1.56. The van der Waals surface area contributed by atoms with E-state index in [-0.39, 0.29) is 5.84 Å². The van der Waals surface area contributed by atoms with E-state index >= 15 is 0 Å². The number of benzene rings is 1.